The normalized spacial score (nSPS) is 22.5. The molecule has 2 fully saturated rings. The van der Waals surface area contributed by atoms with Crippen molar-refractivity contribution < 1.29 is 4.74 Å². The zero-order valence-electron chi connectivity index (χ0n) is 18.0. The standard InChI is InChI=1S/C23H38N4O/c1-4-28-22-12-15-26(16-13-22)23(24-3)25-17-20-8-10-21(11-9-20)18-27-14-6-5-7-19(27)2/h8-11,19,22H,4-7,12-18H2,1-3H3,(H,24,25). The van der Waals surface area contributed by atoms with E-state index in [0.717, 1.165) is 51.6 Å². The summed E-state index contributed by atoms with van der Waals surface area (Å²) in [6, 6.07) is 9.80. The lowest BCUT2D eigenvalue weighted by atomic mass is 10.0. The van der Waals surface area contributed by atoms with Crippen LogP contribution < -0.4 is 5.32 Å². The van der Waals surface area contributed by atoms with Crippen molar-refractivity contribution in [3.05, 3.63) is 35.4 Å². The third kappa shape index (κ3) is 5.95. The van der Waals surface area contributed by atoms with Gasteiger partial charge in [-0.15, -0.1) is 0 Å². The highest BCUT2D eigenvalue weighted by Gasteiger charge is 2.21. The topological polar surface area (TPSA) is 40.1 Å². The van der Waals surface area contributed by atoms with Gasteiger partial charge in [-0.1, -0.05) is 30.7 Å². The van der Waals surface area contributed by atoms with Crippen molar-refractivity contribution in [3.63, 3.8) is 0 Å². The van der Waals surface area contributed by atoms with E-state index in [0.29, 0.717) is 12.1 Å². The molecule has 28 heavy (non-hydrogen) atoms. The number of piperidine rings is 2. The van der Waals surface area contributed by atoms with Crippen LogP contribution in [0.5, 0.6) is 0 Å². The van der Waals surface area contributed by atoms with Crippen LogP contribution in [-0.2, 0) is 17.8 Å². The molecule has 1 atom stereocenters. The average molecular weight is 387 g/mol. The van der Waals surface area contributed by atoms with Crippen LogP contribution in [0.4, 0.5) is 0 Å². The molecule has 0 saturated carbocycles. The molecule has 2 aliphatic rings. The fourth-order valence-corrected chi connectivity index (χ4v) is 4.37. The first-order valence-electron chi connectivity index (χ1n) is 11.1. The molecule has 156 valence electrons. The van der Waals surface area contributed by atoms with E-state index in [1.54, 1.807) is 0 Å². The van der Waals surface area contributed by atoms with Gasteiger partial charge in [-0.25, -0.2) is 0 Å². The number of likely N-dealkylation sites (tertiary alicyclic amines) is 2. The number of nitrogens with one attached hydrogen (secondary N) is 1. The summed E-state index contributed by atoms with van der Waals surface area (Å²) in [6.45, 7) is 10.4. The second kappa shape index (κ2) is 10.8. The van der Waals surface area contributed by atoms with Gasteiger partial charge in [-0.2, -0.15) is 0 Å². The highest BCUT2D eigenvalue weighted by atomic mass is 16.5. The second-order valence-electron chi connectivity index (χ2n) is 8.17. The van der Waals surface area contributed by atoms with Crippen molar-refractivity contribution in [1.29, 1.82) is 0 Å². The van der Waals surface area contributed by atoms with E-state index in [1.807, 2.05) is 7.05 Å². The Bertz CT molecular complexity index is 608. The molecular formula is C23H38N4O. The van der Waals surface area contributed by atoms with Crippen LogP contribution in [0.25, 0.3) is 0 Å². The van der Waals surface area contributed by atoms with Crippen LogP contribution in [0.15, 0.2) is 29.3 Å². The minimum Gasteiger partial charge on any atom is -0.378 e. The summed E-state index contributed by atoms with van der Waals surface area (Å²) in [4.78, 5) is 9.45. The van der Waals surface area contributed by atoms with Gasteiger partial charge in [0.15, 0.2) is 5.96 Å². The van der Waals surface area contributed by atoms with Gasteiger partial charge in [0.2, 0.25) is 0 Å². The van der Waals surface area contributed by atoms with Crippen LogP contribution in [0.2, 0.25) is 0 Å². The fourth-order valence-electron chi connectivity index (χ4n) is 4.37. The van der Waals surface area contributed by atoms with Gasteiger partial charge in [0.05, 0.1) is 6.10 Å². The molecule has 2 aliphatic heterocycles. The van der Waals surface area contributed by atoms with Gasteiger partial charge in [-0.3, -0.25) is 9.89 Å². The Morgan fingerprint density at radius 1 is 1.07 bits per heavy atom. The summed E-state index contributed by atoms with van der Waals surface area (Å²) in [5, 5.41) is 3.53. The Labute approximate surface area is 171 Å². The second-order valence-corrected chi connectivity index (χ2v) is 8.17. The molecule has 5 heteroatoms. The number of aliphatic imine (C=N–C) groups is 1. The molecule has 1 N–H and O–H groups in total. The smallest absolute Gasteiger partial charge is 0.193 e. The maximum Gasteiger partial charge on any atom is 0.193 e. The SMILES string of the molecule is CCOC1CCN(C(=NC)NCc2ccc(CN3CCCCC3C)cc2)CC1. The maximum absolute atomic E-state index is 5.76. The third-order valence-corrected chi connectivity index (χ3v) is 6.16. The molecule has 0 spiro atoms. The summed E-state index contributed by atoms with van der Waals surface area (Å²) in [5.41, 5.74) is 2.72. The zero-order valence-corrected chi connectivity index (χ0v) is 18.0. The van der Waals surface area contributed by atoms with E-state index in [2.05, 4.69) is 58.2 Å². The largest absolute Gasteiger partial charge is 0.378 e. The first-order valence-corrected chi connectivity index (χ1v) is 11.1. The summed E-state index contributed by atoms with van der Waals surface area (Å²) in [7, 11) is 1.87. The molecule has 0 bridgehead atoms. The Morgan fingerprint density at radius 3 is 2.43 bits per heavy atom. The van der Waals surface area contributed by atoms with E-state index in [9.17, 15) is 0 Å². The first kappa shape index (κ1) is 21.1. The van der Waals surface area contributed by atoms with Crippen LogP contribution in [-0.4, -0.2) is 61.2 Å². The third-order valence-electron chi connectivity index (χ3n) is 6.16. The molecule has 0 amide bonds. The first-order chi connectivity index (χ1) is 13.7. The van der Waals surface area contributed by atoms with Crippen LogP contribution in [0.1, 0.15) is 57.1 Å². The lowest BCUT2D eigenvalue weighted by molar-refractivity contribution is 0.0263. The minimum atomic E-state index is 0.412. The quantitative estimate of drug-likeness (QED) is 0.599. The van der Waals surface area contributed by atoms with Crippen molar-refractivity contribution in [2.24, 2.45) is 4.99 Å². The van der Waals surface area contributed by atoms with Crippen molar-refractivity contribution in [1.82, 2.24) is 15.1 Å². The highest BCUT2D eigenvalue weighted by Crippen LogP contribution is 2.19. The van der Waals surface area contributed by atoms with E-state index < -0.39 is 0 Å². The summed E-state index contributed by atoms with van der Waals surface area (Å²) < 4.78 is 5.76. The van der Waals surface area contributed by atoms with Crippen molar-refractivity contribution in [2.75, 3.05) is 33.3 Å². The summed E-state index contributed by atoms with van der Waals surface area (Å²) in [6.07, 6.45) is 6.63. The predicted molar refractivity (Wildman–Crippen MR) is 117 cm³/mol. The summed E-state index contributed by atoms with van der Waals surface area (Å²) in [5.74, 6) is 1.00. The number of nitrogens with zero attached hydrogens (tertiary/aromatic N) is 3. The Kier molecular flexibility index (Phi) is 8.16. The molecule has 0 aliphatic carbocycles. The molecule has 1 aromatic rings. The van der Waals surface area contributed by atoms with Gasteiger partial charge in [0.25, 0.3) is 0 Å². The molecule has 1 unspecified atom stereocenters. The van der Waals surface area contributed by atoms with E-state index in [4.69, 9.17) is 4.74 Å². The molecule has 0 aromatic heterocycles. The van der Waals surface area contributed by atoms with Crippen LogP contribution in [0, 0.1) is 0 Å². The Hall–Kier alpha value is -1.59. The number of guanidine groups is 1. The average Bonchev–Trinajstić information content (AvgIpc) is 2.73. The molecule has 3 rings (SSSR count). The van der Waals surface area contributed by atoms with E-state index >= 15 is 0 Å². The number of rotatable bonds is 6. The maximum atomic E-state index is 5.76. The minimum absolute atomic E-state index is 0.412. The number of ether oxygens (including phenoxy) is 1. The summed E-state index contributed by atoms with van der Waals surface area (Å²) >= 11 is 0. The zero-order chi connectivity index (χ0) is 19.8. The predicted octanol–water partition coefficient (Wildman–Crippen LogP) is 3.64. The molecule has 1 aromatic carbocycles. The molecule has 0 radical (unpaired) electrons. The Morgan fingerprint density at radius 2 is 1.79 bits per heavy atom. The number of hydrogen-bond acceptors (Lipinski definition) is 3. The van der Waals surface area contributed by atoms with Crippen molar-refractivity contribution in [3.8, 4) is 0 Å². The van der Waals surface area contributed by atoms with Gasteiger partial charge >= 0.3 is 0 Å². The lowest BCUT2D eigenvalue weighted by Gasteiger charge is -2.34. The van der Waals surface area contributed by atoms with Crippen LogP contribution in [0.3, 0.4) is 0 Å². The molecule has 5 nitrogen and oxygen atoms in total. The highest BCUT2D eigenvalue weighted by molar-refractivity contribution is 5.79. The van der Waals surface area contributed by atoms with Crippen LogP contribution >= 0.6 is 0 Å². The van der Waals surface area contributed by atoms with Gasteiger partial charge in [-0.05, 0) is 57.2 Å². The lowest BCUT2D eigenvalue weighted by Crippen LogP contribution is -2.46. The van der Waals surface area contributed by atoms with Gasteiger partial charge < -0.3 is 15.0 Å². The van der Waals surface area contributed by atoms with Gasteiger partial charge in [0.1, 0.15) is 0 Å². The fraction of sp³-hybridized carbons (Fsp3) is 0.696. The molecule has 2 saturated heterocycles. The molecule has 2 heterocycles. The Balaban J connectivity index is 1.46. The van der Waals surface area contributed by atoms with E-state index in [1.165, 1.54) is 36.9 Å². The van der Waals surface area contributed by atoms with Crippen molar-refractivity contribution in [2.45, 2.75) is 71.2 Å². The number of hydrogen-bond donors (Lipinski definition) is 1. The van der Waals surface area contributed by atoms with Gasteiger partial charge in [0, 0.05) is 45.9 Å². The monoisotopic (exact) mass is 386 g/mol. The molecular weight excluding hydrogens is 348 g/mol. The van der Waals surface area contributed by atoms with Crippen molar-refractivity contribution >= 4 is 5.96 Å². The number of benzene rings is 1. The van der Waals surface area contributed by atoms with E-state index in [-0.39, 0.29) is 0 Å².